The predicted octanol–water partition coefficient (Wildman–Crippen LogP) is 1.30. The van der Waals surface area contributed by atoms with Crippen molar-refractivity contribution < 1.29 is 9.32 Å². The first kappa shape index (κ1) is 11.4. The number of nitrogens with zero attached hydrogens (tertiary/aromatic N) is 1. The van der Waals surface area contributed by atoms with Gasteiger partial charge in [-0.2, -0.15) is 0 Å². The van der Waals surface area contributed by atoms with Gasteiger partial charge in [-0.1, -0.05) is 17.0 Å². The third-order valence-corrected chi connectivity index (χ3v) is 2.71. The molecule has 2 heterocycles. The predicted molar refractivity (Wildman–Crippen MR) is 64.7 cm³/mol. The summed E-state index contributed by atoms with van der Waals surface area (Å²) in [6.07, 6.45) is 2.79. The van der Waals surface area contributed by atoms with E-state index in [0.29, 0.717) is 17.8 Å². The Labute approximate surface area is 102 Å². The zero-order chi connectivity index (χ0) is 12.1. The summed E-state index contributed by atoms with van der Waals surface area (Å²) in [7, 11) is 0. The topological polar surface area (TPSA) is 81.2 Å². The minimum absolute atomic E-state index is 0.217. The Kier molecular flexibility index (Phi) is 3.55. The standard InChI is InChI=1S/C11H9N3O2S/c12-3-1-2-10-4-8(7-17-10)11(15)14-9-5-13-16-6-9/h4-7H,3,12H2,(H,14,15). The van der Waals surface area contributed by atoms with Gasteiger partial charge in [0.05, 0.1) is 23.2 Å². The van der Waals surface area contributed by atoms with Gasteiger partial charge in [-0.25, -0.2) is 0 Å². The summed E-state index contributed by atoms with van der Waals surface area (Å²) in [6, 6.07) is 1.72. The molecule has 0 saturated heterocycles. The summed E-state index contributed by atoms with van der Waals surface area (Å²) in [6.45, 7) is 0.306. The van der Waals surface area contributed by atoms with Gasteiger partial charge in [0.25, 0.3) is 5.91 Å². The molecule has 0 aliphatic carbocycles. The van der Waals surface area contributed by atoms with E-state index in [1.54, 1.807) is 11.4 Å². The Balaban J connectivity index is 2.07. The van der Waals surface area contributed by atoms with Gasteiger partial charge in [-0.05, 0) is 6.07 Å². The highest BCUT2D eigenvalue weighted by Crippen LogP contribution is 2.15. The zero-order valence-electron chi connectivity index (χ0n) is 8.77. The molecule has 0 aliphatic heterocycles. The van der Waals surface area contributed by atoms with Crippen molar-refractivity contribution in [3.05, 3.63) is 34.3 Å². The second-order valence-corrected chi connectivity index (χ2v) is 3.98. The second-order valence-electron chi connectivity index (χ2n) is 3.07. The number of hydrogen-bond donors (Lipinski definition) is 2. The van der Waals surface area contributed by atoms with E-state index < -0.39 is 0 Å². The maximum absolute atomic E-state index is 11.8. The van der Waals surface area contributed by atoms with Gasteiger partial charge in [0.2, 0.25) is 0 Å². The van der Waals surface area contributed by atoms with E-state index in [0.717, 1.165) is 4.88 Å². The van der Waals surface area contributed by atoms with Gasteiger partial charge in [0.15, 0.2) is 0 Å². The van der Waals surface area contributed by atoms with E-state index >= 15 is 0 Å². The molecule has 0 unspecified atom stereocenters. The molecule has 0 radical (unpaired) electrons. The molecule has 2 aromatic rings. The summed E-state index contributed by atoms with van der Waals surface area (Å²) < 4.78 is 4.61. The highest BCUT2D eigenvalue weighted by molar-refractivity contribution is 7.10. The van der Waals surface area contributed by atoms with E-state index in [-0.39, 0.29) is 5.91 Å². The molecule has 2 aromatic heterocycles. The van der Waals surface area contributed by atoms with Crippen LogP contribution in [0.4, 0.5) is 5.69 Å². The van der Waals surface area contributed by atoms with Gasteiger partial charge < -0.3 is 15.6 Å². The van der Waals surface area contributed by atoms with Crippen LogP contribution in [0.5, 0.6) is 0 Å². The van der Waals surface area contributed by atoms with Crippen molar-refractivity contribution in [3.63, 3.8) is 0 Å². The van der Waals surface area contributed by atoms with E-state index in [9.17, 15) is 4.79 Å². The van der Waals surface area contributed by atoms with Gasteiger partial charge in [0, 0.05) is 5.38 Å². The van der Waals surface area contributed by atoms with Crippen LogP contribution in [0.3, 0.4) is 0 Å². The highest BCUT2D eigenvalue weighted by Gasteiger charge is 2.09. The number of rotatable bonds is 2. The third-order valence-electron chi connectivity index (χ3n) is 1.87. The molecule has 3 N–H and O–H groups in total. The van der Waals surface area contributed by atoms with Crippen LogP contribution < -0.4 is 11.1 Å². The smallest absolute Gasteiger partial charge is 0.256 e. The maximum Gasteiger partial charge on any atom is 0.256 e. The van der Waals surface area contributed by atoms with E-state index in [4.69, 9.17) is 5.73 Å². The lowest BCUT2D eigenvalue weighted by molar-refractivity contribution is 0.102. The molecule has 0 spiro atoms. The number of carbonyl (C=O) groups excluding carboxylic acids is 1. The van der Waals surface area contributed by atoms with Crippen LogP contribution in [0.25, 0.3) is 0 Å². The summed E-state index contributed by atoms with van der Waals surface area (Å²) in [5.41, 5.74) is 6.34. The van der Waals surface area contributed by atoms with Crippen LogP contribution in [0.15, 0.2) is 28.4 Å². The first-order chi connectivity index (χ1) is 8.29. The number of aromatic nitrogens is 1. The molecule has 6 heteroatoms. The van der Waals surface area contributed by atoms with Gasteiger partial charge in [-0.15, -0.1) is 11.3 Å². The number of nitrogens with one attached hydrogen (secondary N) is 1. The Morgan fingerprint density at radius 1 is 1.65 bits per heavy atom. The molecule has 0 atom stereocenters. The molecule has 0 fully saturated rings. The normalized spacial score (nSPS) is 9.47. The van der Waals surface area contributed by atoms with Gasteiger partial charge >= 0.3 is 0 Å². The number of anilines is 1. The summed E-state index contributed by atoms with van der Waals surface area (Å²) in [5, 5.41) is 7.88. The van der Waals surface area contributed by atoms with E-state index in [1.165, 1.54) is 23.8 Å². The SMILES string of the molecule is NCC#Cc1cc(C(=O)Nc2cnoc2)cs1. The van der Waals surface area contributed by atoms with Gasteiger partial charge in [-0.3, -0.25) is 4.79 Å². The number of nitrogens with two attached hydrogens (primary N) is 1. The van der Waals surface area contributed by atoms with Gasteiger partial charge in [0.1, 0.15) is 12.0 Å². The van der Waals surface area contributed by atoms with Crippen molar-refractivity contribution in [1.29, 1.82) is 0 Å². The molecule has 0 bridgehead atoms. The van der Waals surface area contributed by atoms with Crippen LogP contribution in [-0.4, -0.2) is 17.6 Å². The van der Waals surface area contributed by atoms with Crippen LogP contribution >= 0.6 is 11.3 Å². The fourth-order valence-electron chi connectivity index (χ4n) is 1.13. The average molecular weight is 247 g/mol. The zero-order valence-corrected chi connectivity index (χ0v) is 9.58. The largest absolute Gasteiger partial charge is 0.363 e. The van der Waals surface area contributed by atoms with E-state index in [2.05, 4.69) is 26.8 Å². The van der Waals surface area contributed by atoms with Crippen LogP contribution in [0.2, 0.25) is 0 Å². The van der Waals surface area contributed by atoms with Crippen molar-refractivity contribution in [2.24, 2.45) is 5.73 Å². The minimum Gasteiger partial charge on any atom is -0.363 e. The molecule has 86 valence electrons. The number of carbonyl (C=O) groups is 1. The fourth-order valence-corrected chi connectivity index (χ4v) is 1.88. The number of thiophene rings is 1. The molecule has 0 saturated carbocycles. The Hall–Kier alpha value is -2.10. The first-order valence-corrected chi connectivity index (χ1v) is 5.66. The van der Waals surface area contributed by atoms with Crippen molar-refractivity contribution >= 4 is 22.9 Å². The molecule has 1 amide bonds. The highest BCUT2D eigenvalue weighted by atomic mass is 32.1. The van der Waals surface area contributed by atoms with Crippen molar-refractivity contribution in [1.82, 2.24) is 5.16 Å². The lowest BCUT2D eigenvalue weighted by Crippen LogP contribution is -2.09. The molecular weight excluding hydrogens is 238 g/mol. The number of hydrogen-bond acceptors (Lipinski definition) is 5. The molecule has 5 nitrogen and oxygen atoms in total. The molecule has 0 aliphatic rings. The number of amides is 1. The van der Waals surface area contributed by atoms with Crippen molar-refractivity contribution in [3.8, 4) is 11.8 Å². The molecule has 0 aromatic carbocycles. The van der Waals surface area contributed by atoms with Crippen molar-refractivity contribution in [2.75, 3.05) is 11.9 Å². The molecule has 2 rings (SSSR count). The molecular formula is C11H9N3O2S. The summed E-state index contributed by atoms with van der Waals surface area (Å²) >= 11 is 1.40. The first-order valence-electron chi connectivity index (χ1n) is 4.78. The third kappa shape index (κ3) is 2.93. The van der Waals surface area contributed by atoms with Crippen molar-refractivity contribution in [2.45, 2.75) is 0 Å². The lowest BCUT2D eigenvalue weighted by atomic mass is 10.3. The Morgan fingerprint density at radius 3 is 3.24 bits per heavy atom. The van der Waals surface area contributed by atoms with Crippen LogP contribution in [0.1, 0.15) is 15.2 Å². The monoisotopic (exact) mass is 247 g/mol. The summed E-state index contributed by atoms with van der Waals surface area (Å²) in [5.74, 6) is 5.39. The lowest BCUT2D eigenvalue weighted by Gasteiger charge is -1.97. The average Bonchev–Trinajstić information content (AvgIpc) is 2.96. The second kappa shape index (κ2) is 5.30. The fraction of sp³-hybridized carbons (Fsp3) is 0.0909. The Bertz CT molecular complexity index is 563. The van der Waals surface area contributed by atoms with Crippen LogP contribution in [-0.2, 0) is 0 Å². The van der Waals surface area contributed by atoms with Crippen LogP contribution in [0, 0.1) is 11.8 Å². The summed E-state index contributed by atoms with van der Waals surface area (Å²) in [4.78, 5) is 12.6. The molecule has 17 heavy (non-hydrogen) atoms. The Morgan fingerprint density at radius 2 is 2.53 bits per heavy atom. The van der Waals surface area contributed by atoms with E-state index in [1.807, 2.05) is 0 Å². The maximum atomic E-state index is 11.8. The quantitative estimate of drug-likeness (QED) is 0.784. The minimum atomic E-state index is -0.217.